The van der Waals surface area contributed by atoms with E-state index in [1.165, 1.54) is 5.56 Å². The number of ether oxygens (including phenoxy) is 2. The zero-order valence-corrected chi connectivity index (χ0v) is 13.2. The maximum atomic E-state index is 6.00. The van der Waals surface area contributed by atoms with E-state index >= 15 is 0 Å². The monoisotopic (exact) mass is 311 g/mol. The molecule has 0 saturated heterocycles. The average Bonchev–Trinajstić information content (AvgIpc) is 2.60. The molecule has 1 atom stereocenters. The molecule has 0 aliphatic carbocycles. The van der Waals surface area contributed by atoms with Crippen LogP contribution in [0.5, 0.6) is 11.5 Å². The van der Waals surface area contributed by atoms with Crippen molar-refractivity contribution in [1.29, 1.82) is 0 Å². The summed E-state index contributed by atoms with van der Waals surface area (Å²) in [4.78, 5) is 4.48. The molecule has 0 bridgehead atoms. The van der Waals surface area contributed by atoms with Gasteiger partial charge in [-0.25, -0.2) is 0 Å². The smallest absolute Gasteiger partial charge is 0.193 e. The van der Waals surface area contributed by atoms with Crippen molar-refractivity contribution in [3.8, 4) is 11.5 Å². The Kier molecular flexibility index (Phi) is 4.66. The second-order valence-electron chi connectivity index (χ2n) is 5.45. The van der Waals surface area contributed by atoms with Gasteiger partial charge in [-0.3, -0.25) is 4.99 Å². The fraction of sp³-hybridized carbons (Fsp3) is 0.278. The number of methoxy groups -OCH3 is 1. The van der Waals surface area contributed by atoms with Gasteiger partial charge in [-0.1, -0.05) is 24.3 Å². The van der Waals surface area contributed by atoms with Crippen LogP contribution in [0, 0.1) is 0 Å². The van der Waals surface area contributed by atoms with E-state index in [0.29, 0.717) is 18.4 Å². The second-order valence-corrected chi connectivity index (χ2v) is 5.45. The van der Waals surface area contributed by atoms with E-state index in [4.69, 9.17) is 15.2 Å². The molecule has 0 saturated carbocycles. The standard InChI is InChI=1S/C18H21N3O2/c1-22-15-6-4-5-14(11-15)21-18(19)20-12-13-9-10-23-17-8-3-2-7-16(13)17/h2-8,11,13H,9-10,12H2,1H3,(H3,19,20,21). The first-order valence-corrected chi connectivity index (χ1v) is 7.69. The number of guanidine groups is 1. The third-order valence-electron chi connectivity index (χ3n) is 3.91. The van der Waals surface area contributed by atoms with Gasteiger partial charge >= 0.3 is 0 Å². The summed E-state index contributed by atoms with van der Waals surface area (Å²) in [6.45, 7) is 1.36. The highest BCUT2D eigenvalue weighted by Gasteiger charge is 2.20. The summed E-state index contributed by atoms with van der Waals surface area (Å²) < 4.78 is 10.9. The van der Waals surface area contributed by atoms with Gasteiger partial charge in [0.1, 0.15) is 11.5 Å². The topological polar surface area (TPSA) is 68.9 Å². The summed E-state index contributed by atoms with van der Waals surface area (Å²) >= 11 is 0. The van der Waals surface area contributed by atoms with Crippen LogP contribution in [0.2, 0.25) is 0 Å². The van der Waals surface area contributed by atoms with Gasteiger partial charge in [0.2, 0.25) is 0 Å². The summed E-state index contributed by atoms with van der Waals surface area (Å²) in [5.74, 6) is 2.48. The lowest BCUT2D eigenvalue weighted by Gasteiger charge is -2.24. The van der Waals surface area contributed by atoms with Crippen LogP contribution in [-0.2, 0) is 0 Å². The van der Waals surface area contributed by atoms with Crippen molar-refractivity contribution in [2.45, 2.75) is 12.3 Å². The fourth-order valence-electron chi connectivity index (χ4n) is 2.70. The average molecular weight is 311 g/mol. The van der Waals surface area contributed by atoms with Crippen LogP contribution in [0.25, 0.3) is 0 Å². The number of rotatable bonds is 4. The van der Waals surface area contributed by atoms with Crippen molar-refractivity contribution in [1.82, 2.24) is 0 Å². The molecule has 2 aromatic carbocycles. The van der Waals surface area contributed by atoms with Crippen LogP contribution < -0.4 is 20.5 Å². The lowest BCUT2D eigenvalue weighted by atomic mass is 9.93. The van der Waals surface area contributed by atoms with Crippen LogP contribution in [-0.4, -0.2) is 26.2 Å². The Balaban J connectivity index is 1.66. The van der Waals surface area contributed by atoms with Gasteiger partial charge in [0.25, 0.3) is 0 Å². The Morgan fingerprint density at radius 1 is 1.30 bits per heavy atom. The number of hydrogen-bond donors (Lipinski definition) is 2. The second kappa shape index (κ2) is 7.05. The molecule has 3 rings (SSSR count). The van der Waals surface area contributed by atoms with Crippen LogP contribution in [0.15, 0.2) is 53.5 Å². The number of nitrogens with zero attached hydrogens (tertiary/aromatic N) is 1. The number of para-hydroxylation sites is 1. The molecule has 0 spiro atoms. The predicted octanol–water partition coefficient (Wildman–Crippen LogP) is 2.99. The molecule has 5 heteroatoms. The van der Waals surface area contributed by atoms with Crippen LogP contribution in [0.4, 0.5) is 5.69 Å². The van der Waals surface area contributed by atoms with E-state index in [1.54, 1.807) is 7.11 Å². The molecule has 23 heavy (non-hydrogen) atoms. The van der Waals surface area contributed by atoms with Crippen molar-refractivity contribution in [3.63, 3.8) is 0 Å². The summed E-state index contributed by atoms with van der Waals surface area (Å²) in [6.07, 6.45) is 0.951. The molecule has 0 amide bonds. The first-order valence-electron chi connectivity index (χ1n) is 7.69. The third kappa shape index (κ3) is 3.74. The summed E-state index contributed by atoms with van der Waals surface area (Å²) in [5, 5.41) is 3.10. The molecule has 120 valence electrons. The van der Waals surface area contributed by atoms with Gasteiger partial charge in [0.15, 0.2) is 5.96 Å². The van der Waals surface area contributed by atoms with Crippen molar-refractivity contribution >= 4 is 11.6 Å². The first kappa shape index (κ1) is 15.2. The van der Waals surface area contributed by atoms with Gasteiger partial charge < -0.3 is 20.5 Å². The Morgan fingerprint density at radius 2 is 2.17 bits per heavy atom. The van der Waals surface area contributed by atoms with Crippen molar-refractivity contribution < 1.29 is 9.47 Å². The molecule has 0 aromatic heterocycles. The SMILES string of the molecule is COc1cccc(NC(N)=NCC2CCOc3ccccc32)c1. The van der Waals surface area contributed by atoms with Crippen LogP contribution in [0.1, 0.15) is 17.9 Å². The Hall–Kier alpha value is -2.69. The van der Waals surface area contributed by atoms with Crippen molar-refractivity contribution in [2.24, 2.45) is 10.7 Å². The summed E-state index contributed by atoms with van der Waals surface area (Å²) in [7, 11) is 1.64. The minimum atomic E-state index is 0.339. The molecule has 1 aliphatic rings. The van der Waals surface area contributed by atoms with E-state index in [-0.39, 0.29) is 0 Å². The number of nitrogens with one attached hydrogen (secondary N) is 1. The molecule has 5 nitrogen and oxygen atoms in total. The minimum absolute atomic E-state index is 0.339. The number of benzene rings is 2. The van der Waals surface area contributed by atoms with E-state index in [1.807, 2.05) is 42.5 Å². The first-order chi connectivity index (χ1) is 11.3. The number of hydrogen-bond acceptors (Lipinski definition) is 3. The maximum absolute atomic E-state index is 6.00. The molecule has 1 heterocycles. The predicted molar refractivity (Wildman–Crippen MR) is 92.4 cm³/mol. The van der Waals surface area contributed by atoms with E-state index in [2.05, 4.69) is 16.4 Å². The third-order valence-corrected chi connectivity index (χ3v) is 3.91. The van der Waals surface area contributed by atoms with Gasteiger partial charge in [-0.15, -0.1) is 0 Å². The van der Waals surface area contributed by atoms with Gasteiger partial charge in [-0.2, -0.15) is 0 Å². The molecular formula is C18H21N3O2. The molecule has 2 aromatic rings. The zero-order chi connectivity index (χ0) is 16.1. The lowest BCUT2D eigenvalue weighted by Crippen LogP contribution is -2.24. The number of nitrogens with two attached hydrogens (primary N) is 1. The molecule has 1 aliphatic heterocycles. The largest absolute Gasteiger partial charge is 0.497 e. The highest BCUT2D eigenvalue weighted by Crippen LogP contribution is 2.33. The molecule has 3 N–H and O–H groups in total. The highest BCUT2D eigenvalue weighted by molar-refractivity contribution is 5.92. The Labute approximate surface area is 136 Å². The molecule has 0 radical (unpaired) electrons. The normalized spacial score (nSPS) is 17.1. The summed E-state index contributed by atoms with van der Waals surface area (Å²) in [5.41, 5.74) is 8.07. The van der Waals surface area contributed by atoms with E-state index in [9.17, 15) is 0 Å². The van der Waals surface area contributed by atoms with Gasteiger partial charge in [0, 0.05) is 24.2 Å². The van der Waals surface area contributed by atoms with E-state index < -0.39 is 0 Å². The Bertz CT molecular complexity index is 700. The van der Waals surface area contributed by atoms with Crippen molar-refractivity contribution in [2.75, 3.05) is 25.6 Å². The maximum Gasteiger partial charge on any atom is 0.193 e. The Morgan fingerprint density at radius 3 is 3.04 bits per heavy atom. The number of anilines is 1. The molecule has 1 unspecified atom stereocenters. The van der Waals surface area contributed by atoms with Crippen LogP contribution in [0.3, 0.4) is 0 Å². The fourth-order valence-corrected chi connectivity index (χ4v) is 2.70. The summed E-state index contributed by atoms with van der Waals surface area (Å²) in [6, 6.07) is 15.7. The zero-order valence-electron chi connectivity index (χ0n) is 13.2. The van der Waals surface area contributed by atoms with Gasteiger partial charge in [0.05, 0.1) is 13.7 Å². The quantitative estimate of drug-likeness (QED) is 0.673. The molecule has 0 fully saturated rings. The number of aliphatic imine (C=N–C) groups is 1. The highest BCUT2D eigenvalue weighted by atomic mass is 16.5. The van der Waals surface area contributed by atoms with E-state index in [0.717, 1.165) is 30.2 Å². The number of fused-ring (bicyclic) bond motifs is 1. The molecular weight excluding hydrogens is 290 g/mol. The minimum Gasteiger partial charge on any atom is -0.497 e. The van der Waals surface area contributed by atoms with Crippen molar-refractivity contribution in [3.05, 3.63) is 54.1 Å². The van der Waals surface area contributed by atoms with Crippen LogP contribution >= 0.6 is 0 Å². The van der Waals surface area contributed by atoms with Gasteiger partial charge in [-0.05, 0) is 30.2 Å². The lowest BCUT2D eigenvalue weighted by molar-refractivity contribution is 0.269.